The van der Waals surface area contributed by atoms with Gasteiger partial charge in [0.2, 0.25) is 0 Å². The number of anilines is 1. The highest BCUT2D eigenvalue weighted by Crippen LogP contribution is 2.28. The zero-order chi connectivity index (χ0) is 23.5. The van der Waals surface area contributed by atoms with Crippen LogP contribution in [-0.4, -0.2) is 60.1 Å². The zero-order valence-corrected chi connectivity index (χ0v) is 18.5. The summed E-state index contributed by atoms with van der Waals surface area (Å²) in [7, 11) is 1.39. The first-order valence-corrected chi connectivity index (χ1v) is 11.0. The maximum Gasteiger partial charge on any atom is 0.263 e. The Morgan fingerprint density at radius 2 is 2.09 bits per heavy atom. The van der Waals surface area contributed by atoms with Crippen LogP contribution in [-0.2, 0) is 27.2 Å². The monoisotopic (exact) mass is 469 g/mol. The Morgan fingerprint density at radius 3 is 2.91 bits per heavy atom. The molecule has 0 aromatic carbocycles. The minimum absolute atomic E-state index is 0.00171. The van der Waals surface area contributed by atoms with Gasteiger partial charge in [0, 0.05) is 24.7 Å². The van der Waals surface area contributed by atoms with Crippen molar-refractivity contribution in [3.63, 3.8) is 0 Å². The van der Waals surface area contributed by atoms with Crippen molar-refractivity contribution < 1.29 is 28.1 Å². The van der Waals surface area contributed by atoms with Crippen LogP contribution in [0.2, 0.25) is 0 Å². The third-order valence-corrected chi connectivity index (χ3v) is 5.64. The number of amides is 1. The number of hydrogen-bond donors (Lipinski definition) is 2. The molecule has 3 aromatic heterocycles. The highest BCUT2D eigenvalue weighted by Gasteiger charge is 2.24. The second kappa shape index (κ2) is 9.84. The summed E-state index contributed by atoms with van der Waals surface area (Å²) in [5, 5.41) is 6.04. The summed E-state index contributed by atoms with van der Waals surface area (Å²) in [5.74, 6) is 0.199. The van der Waals surface area contributed by atoms with Gasteiger partial charge in [0.25, 0.3) is 11.8 Å². The van der Waals surface area contributed by atoms with Gasteiger partial charge >= 0.3 is 0 Å². The van der Waals surface area contributed by atoms with Gasteiger partial charge in [-0.2, -0.15) is 0 Å². The molecule has 0 unspecified atom stereocenters. The molecule has 34 heavy (non-hydrogen) atoms. The highest BCUT2D eigenvalue weighted by molar-refractivity contribution is 5.94. The number of ether oxygens (including phenoxy) is 4. The van der Waals surface area contributed by atoms with Gasteiger partial charge in [-0.15, -0.1) is 0 Å². The Kier molecular flexibility index (Phi) is 6.48. The molecule has 1 saturated heterocycles. The summed E-state index contributed by atoms with van der Waals surface area (Å²) in [4.78, 5) is 24.3. The van der Waals surface area contributed by atoms with Gasteiger partial charge in [0.1, 0.15) is 0 Å². The van der Waals surface area contributed by atoms with E-state index in [4.69, 9.17) is 18.9 Å². The summed E-state index contributed by atoms with van der Waals surface area (Å²) in [6, 6.07) is 7.12. The van der Waals surface area contributed by atoms with Gasteiger partial charge in [-0.05, 0) is 30.7 Å². The Balaban J connectivity index is 1.14. The van der Waals surface area contributed by atoms with Crippen molar-refractivity contribution in [3.05, 3.63) is 47.5 Å². The van der Waals surface area contributed by atoms with Gasteiger partial charge in [-0.1, -0.05) is 0 Å². The second-order valence-corrected chi connectivity index (χ2v) is 7.98. The Bertz CT molecular complexity index is 1200. The summed E-state index contributed by atoms with van der Waals surface area (Å²) in [6.45, 7) is 1.36. The van der Waals surface area contributed by atoms with Crippen molar-refractivity contribution in [3.8, 4) is 11.6 Å². The SMILES string of the molecule is COc1nc2cccnc2c(CCC2OCC(NCc3ccc4c(n3)NC(=O)CO4)CO2)c1F. The van der Waals surface area contributed by atoms with Gasteiger partial charge < -0.3 is 29.6 Å². The maximum absolute atomic E-state index is 14.9. The van der Waals surface area contributed by atoms with E-state index in [0.717, 1.165) is 5.69 Å². The molecule has 3 aromatic rings. The lowest BCUT2D eigenvalue weighted by Crippen LogP contribution is -2.44. The van der Waals surface area contributed by atoms with Crippen LogP contribution < -0.4 is 20.1 Å². The number of pyridine rings is 3. The van der Waals surface area contributed by atoms with Gasteiger partial charge in [0.05, 0.1) is 43.1 Å². The minimum atomic E-state index is -0.511. The summed E-state index contributed by atoms with van der Waals surface area (Å²) < 4.78 is 36.9. The minimum Gasteiger partial charge on any atom is -0.480 e. The highest BCUT2D eigenvalue weighted by atomic mass is 19.1. The molecule has 2 aliphatic heterocycles. The number of nitrogens with one attached hydrogen (secondary N) is 2. The van der Waals surface area contributed by atoms with Crippen molar-refractivity contribution >= 4 is 22.8 Å². The number of fused-ring (bicyclic) bond motifs is 2. The van der Waals surface area contributed by atoms with Crippen LogP contribution in [0.5, 0.6) is 11.6 Å². The fourth-order valence-corrected chi connectivity index (χ4v) is 3.92. The van der Waals surface area contributed by atoms with Crippen LogP contribution >= 0.6 is 0 Å². The van der Waals surface area contributed by atoms with Crippen LogP contribution in [0.25, 0.3) is 11.0 Å². The maximum atomic E-state index is 14.9. The number of aryl methyl sites for hydroxylation is 1. The van der Waals surface area contributed by atoms with E-state index in [2.05, 4.69) is 25.6 Å². The number of halogens is 1. The first-order chi connectivity index (χ1) is 16.6. The molecule has 0 radical (unpaired) electrons. The predicted octanol–water partition coefficient (Wildman–Crippen LogP) is 1.97. The molecule has 10 nitrogen and oxygen atoms in total. The average Bonchev–Trinajstić information content (AvgIpc) is 2.87. The number of methoxy groups -OCH3 is 1. The van der Waals surface area contributed by atoms with E-state index in [-0.39, 0.29) is 24.4 Å². The number of carbonyl (C=O) groups excluding carboxylic acids is 1. The molecule has 11 heteroatoms. The summed E-state index contributed by atoms with van der Waals surface area (Å²) >= 11 is 0. The summed E-state index contributed by atoms with van der Waals surface area (Å²) in [6.07, 6.45) is 1.99. The molecule has 1 fully saturated rings. The van der Waals surface area contributed by atoms with E-state index in [1.807, 2.05) is 6.07 Å². The molecule has 0 bridgehead atoms. The first-order valence-electron chi connectivity index (χ1n) is 11.0. The van der Waals surface area contributed by atoms with Crippen molar-refractivity contribution in [2.75, 3.05) is 32.2 Å². The third kappa shape index (κ3) is 4.76. The van der Waals surface area contributed by atoms with Gasteiger partial charge in [-0.3, -0.25) is 9.78 Å². The van der Waals surface area contributed by atoms with Crippen LogP contribution in [0, 0.1) is 5.82 Å². The molecule has 1 amide bonds. The van der Waals surface area contributed by atoms with Crippen molar-refractivity contribution in [1.29, 1.82) is 0 Å². The van der Waals surface area contributed by atoms with E-state index in [9.17, 15) is 9.18 Å². The second-order valence-electron chi connectivity index (χ2n) is 7.98. The topological polar surface area (TPSA) is 117 Å². The van der Waals surface area contributed by atoms with E-state index >= 15 is 0 Å². The Hall–Kier alpha value is -3.41. The van der Waals surface area contributed by atoms with Crippen LogP contribution in [0.4, 0.5) is 10.2 Å². The quantitative estimate of drug-likeness (QED) is 0.536. The molecule has 5 rings (SSSR count). The standard InChI is InChI=1S/C23H24FN5O5/c1-31-23-20(24)15(21-16(28-23)3-2-8-25-21)5-7-19-33-10-14(11-34-19)26-9-13-4-6-17-22(27-13)29-18(30)12-32-17/h2-4,6,8,14,19,26H,5,7,9-12H2,1H3,(H,27,29,30). The Morgan fingerprint density at radius 1 is 1.24 bits per heavy atom. The lowest BCUT2D eigenvalue weighted by Gasteiger charge is -2.30. The molecule has 0 spiro atoms. The molecule has 0 atom stereocenters. The van der Waals surface area contributed by atoms with Gasteiger partial charge in [0.15, 0.2) is 30.3 Å². The average molecular weight is 469 g/mol. The number of aromatic nitrogens is 3. The number of nitrogens with zero attached hydrogens (tertiary/aromatic N) is 3. The third-order valence-electron chi connectivity index (χ3n) is 5.64. The molecule has 0 saturated carbocycles. The lowest BCUT2D eigenvalue weighted by atomic mass is 10.1. The molecular weight excluding hydrogens is 445 g/mol. The molecule has 0 aliphatic carbocycles. The largest absolute Gasteiger partial charge is 0.480 e. The normalized spacial score (nSPS) is 19.9. The molecule has 178 valence electrons. The van der Waals surface area contributed by atoms with Crippen LogP contribution in [0.1, 0.15) is 17.7 Å². The van der Waals surface area contributed by atoms with Crippen LogP contribution in [0.3, 0.4) is 0 Å². The zero-order valence-electron chi connectivity index (χ0n) is 18.5. The Labute approximate surface area is 194 Å². The van der Waals surface area contributed by atoms with Crippen molar-refractivity contribution in [2.45, 2.75) is 31.7 Å². The van der Waals surface area contributed by atoms with E-state index < -0.39 is 12.1 Å². The van der Waals surface area contributed by atoms with Crippen LogP contribution in [0.15, 0.2) is 30.5 Å². The number of carbonyl (C=O) groups is 1. The van der Waals surface area contributed by atoms with Crippen molar-refractivity contribution in [1.82, 2.24) is 20.3 Å². The molecular formula is C23H24FN5O5. The molecule has 5 heterocycles. The smallest absolute Gasteiger partial charge is 0.263 e. The van der Waals surface area contributed by atoms with E-state index in [0.29, 0.717) is 60.8 Å². The fourth-order valence-electron chi connectivity index (χ4n) is 3.92. The van der Waals surface area contributed by atoms with Gasteiger partial charge in [-0.25, -0.2) is 14.4 Å². The molecule has 2 N–H and O–H groups in total. The number of rotatable bonds is 7. The van der Waals surface area contributed by atoms with E-state index in [1.165, 1.54) is 7.11 Å². The predicted molar refractivity (Wildman–Crippen MR) is 119 cm³/mol. The van der Waals surface area contributed by atoms with E-state index in [1.54, 1.807) is 24.4 Å². The first kappa shape index (κ1) is 22.4. The lowest BCUT2D eigenvalue weighted by molar-refractivity contribution is -0.192. The fraction of sp³-hybridized carbons (Fsp3) is 0.391. The molecule has 2 aliphatic rings. The summed E-state index contributed by atoms with van der Waals surface area (Å²) in [5.41, 5.74) is 2.28. The van der Waals surface area contributed by atoms with Crippen molar-refractivity contribution in [2.24, 2.45) is 0 Å². The number of hydrogen-bond acceptors (Lipinski definition) is 9.